The summed E-state index contributed by atoms with van der Waals surface area (Å²) in [5.74, 6) is 3.34. The zero-order valence-electron chi connectivity index (χ0n) is 13.3. The Balaban J connectivity index is 1.41. The highest BCUT2D eigenvalue weighted by molar-refractivity contribution is 5.81. The normalized spacial score (nSPS) is 36.9. The predicted octanol–water partition coefficient (Wildman–Crippen LogP) is 3.54. The molecule has 0 aromatic heterocycles. The number of amides is 1. The van der Waals surface area contributed by atoms with Gasteiger partial charge in [-0.05, 0) is 75.3 Å². The van der Waals surface area contributed by atoms with Crippen molar-refractivity contribution in [2.24, 2.45) is 17.8 Å². The summed E-state index contributed by atoms with van der Waals surface area (Å²) in [4.78, 5) is 12.6. The maximum atomic E-state index is 12.6. The molecule has 22 heavy (non-hydrogen) atoms. The monoisotopic (exact) mass is 299 g/mol. The molecule has 0 radical (unpaired) electrons. The van der Waals surface area contributed by atoms with Gasteiger partial charge in [-0.2, -0.15) is 0 Å². The van der Waals surface area contributed by atoms with Crippen LogP contribution in [0.3, 0.4) is 0 Å². The minimum atomic E-state index is -0.435. The molecule has 0 heterocycles. The number of nitrogens with one attached hydrogen (secondary N) is 1. The van der Waals surface area contributed by atoms with Gasteiger partial charge in [0.15, 0.2) is 6.10 Å². The molecule has 3 nitrogen and oxygen atoms in total. The Morgan fingerprint density at radius 3 is 2.18 bits per heavy atom. The van der Waals surface area contributed by atoms with Crippen molar-refractivity contribution in [1.82, 2.24) is 5.32 Å². The van der Waals surface area contributed by atoms with E-state index in [9.17, 15) is 4.79 Å². The molecule has 1 N–H and O–H groups in total. The Hall–Kier alpha value is -1.51. The number of ether oxygens (including phenoxy) is 1. The van der Waals surface area contributed by atoms with E-state index in [0.29, 0.717) is 0 Å². The molecule has 1 aromatic carbocycles. The van der Waals surface area contributed by atoms with Gasteiger partial charge in [0.05, 0.1) is 0 Å². The summed E-state index contributed by atoms with van der Waals surface area (Å²) in [5, 5.41) is 3.38. The average molecular weight is 299 g/mol. The molecule has 4 aliphatic carbocycles. The molecule has 4 aliphatic rings. The molecule has 0 saturated heterocycles. The molecule has 0 spiro atoms. The summed E-state index contributed by atoms with van der Waals surface area (Å²) in [5.41, 5.74) is 0.0696. The topological polar surface area (TPSA) is 38.3 Å². The van der Waals surface area contributed by atoms with E-state index in [2.05, 4.69) is 5.32 Å². The van der Waals surface area contributed by atoms with Crippen LogP contribution in [0.5, 0.6) is 5.75 Å². The van der Waals surface area contributed by atoms with Gasteiger partial charge in [0.25, 0.3) is 5.91 Å². The van der Waals surface area contributed by atoms with Crippen LogP contribution in [0.4, 0.5) is 0 Å². The fraction of sp³-hybridized carbons (Fsp3) is 0.632. The molecule has 4 saturated carbocycles. The van der Waals surface area contributed by atoms with Gasteiger partial charge < -0.3 is 10.1 Å². The number of para-hydroxylation sites is 1. The van der Waals surface area contributed by atoms with E-state index in [0.717, 1.165) is 23.5 Å². The molecule has 118 valence electrons. The second-order valence-corrected chi connectivity index (χ2v) is 7.76. The van der Waals surface area contributed by atoms with Gasteiger partial charge in [0.1, 0.15) is 5.75 Å². The van der Waals surface area contributed by atoms with E-state index in [-0.39, 0.29) is 11.4 Å². The first-order valence-corrected chi connectivity index (χ1v) is 8.66. The minimum Gasteiger partial charge on any atom is -0.481 e. The minimum absolute atomic E-state index is 0.0470. The molecule has 5 rings (SSSR count). The van der Waals surface area contributed by atoms with Crippen molar-refractivity contribution in [3.8, 4) is 5.75 Å². The highest BCUT2D eigenvalue weighted by atomic mass is 16.5. The first-order chi connectivity index (χ1) is 10.6. The molecule has 1 atom stereocenters. The summed E-state index contributed by atoms with van der Waals surface area (Å²) >= 11 is 0. The van der Waals surface area contributed by atoms with Crippen LogP contribution in [-0.4, -0.2) is 17.6 Å². The summed E-state index contributed by atoms with van der Waals surface area (Å²) in [6, 6.07) is 9.61. The van der Waals surface area contributed by atoms with Crippen molar-refractivity contribution in [2.75, 3.05) is 0 Å². The molecular weight excluding hydrogens is 274 g/mol. The Kier molecular flexibility index (Phi) is 3.39. The zero-order valence-corrected chi connectivity index (χ0v) is 13.3. The highest BCUT2D eigenvalue weighted by Gasteiger charge is 2.51. The van der Waals surface area contributed by atoms with Crippen molar-refractivity contribution < 1.29 is 9.53 Å². The number of carbonyl (C=O) groups excluding carboxylic acids is 1. The standard InChI is InChI=1S/C19H25NO2/c1-13(22-17-5-3-2-4-6-17)18(21)20-19-10-14-7-15(11-19)9-16(8-14)12-19/h2-6,13-16H,7-12H2,1H3,(H,20,21)/t13-,14?,15?,16?,19?/m0/s1. The van der Waals surface area contributed by atoms with Crippen molar-refractivity contribution in [3.05, 3.63) is 30.3 Å². The van der Waals surface area contributed by atoms with Gasteiger partial charge in [-0.1, -0.05) is 18.2 Å². The van der Waals surface area contributed by atoms with E-state index in [1.54, 1.807) is 0 Å². The lowest BCUT2D eigenvalue weighted by atomic mass is 9.53. The SMILES string of the molecule is C[C@H](Oc1ccccc1)C(=O)NC12CC3CC(CC(C3)C1)C2. The van der Waals surface area contributed by atoms with Crippen LogP contribution >= 0.6 is 0 Å². The second kappa shape index (κ2) is 5.29. The third-order valence-electron chi connectivity index (χ3n) is 5.85. The predicted molar refractivity (Wildman–Crippen MR) is 85.6 cm³/mol. The first-order valence-electron chi connectivity index (χ1n) is 8.66. The maximum absolute atomic E-state index is 12.6. The maximum Gasteiger partial charge on any atom is 0.261 e. The summed E-state index contributed by atoms with van der Waals surface area (Å²) < 4.78 is 5.78. The molecule has 0 aliphatic heterocycles. The summed E-state index contributed by atoms with van der Waals surface area (Å²) in [7, 11) is 0. The first kappa shape index (κ1) is 14.1. The number of hydrogen-bond donors (Lipinski definition) is 1. The molecule has 1 amide bonds. The van der Waals surface area contributed by atoms with Crippen LogP contribution < -0.4 is 10.1 Å². The van der Waals surface area contributed by atoms with Gasteiger partial charge >= 0.3 is 0 Å². The van der Waals surface area contributed by atoms with Crippen molar-refractivity contribution in [1.29, 1.82) is 0 Å². The van der Waals surface area contributed by atoms with Gasteiger partial charge in [-0.15, -0.1) is 0 Å². The van der Waals surface area contributed by atoms with E-state index in [4.69, 9.17) is 4.74 Å². The summed E-state index contributed by atoms with van der Waals surface area (Å²) in [6.45, 7) is 1.85. The van der Waals surface area contributed by atoms with Gasteiger partial charge in [-0.25, -0.2) is 0 Å². The number of hydrogen-bond acceptors (Lipinski definition) is 2. The molecule has 4 bridgehead atoms. The van der Waals surface area contributed by atoms with E-state index < -0.39 is 6.10 Å². The van der Waals surface area contributed by atoms with Gasteiger partial charge in [0, 0.05) is 5.54 Å². The van der Waals surface area contributed by atoms with E-state index in [1.807, 2.05) is 37.3 Å². The van der Waals surface area contributed by atoms with Crippen LogP contribution in [0.25, 0.3) is 0 Å². The second-order valence-electron chi connectivity index (χ2n) is 7.76. The Labute approximate surface area is 132 Å². The van der Waals surface area contributed by atoms with Crippen LogP contribution in [0, 0.1) is 17.8 Å². The van der Waals surface area contributed by atoms with Crippen LogP contribution in [0.2, 0.25) is 0 Å². The molecule has 3 heteroatoms. The molecule has 0 unspecified atom stereocenters. The van der Waals surface area contributed by atoms with Gasteiger partial charge in [0.2, 0.25) is 0 Å². The lowest BCUT2D eigenvalue weighted by Crippen LogP contribution is -2.61. The average Bonchev–Trinajstić information content (AvgIpc) is 2.46. The Morgan fingerprint density at radius 2 is 1.64 bits per heavy atom. The number of benzene rings is 1. The van der Waals surface area contributed by atoms with E-state index >= 15 is 0 Å². The van der Waals surface area contributed by atoms with Crippen molar-refractivity contribution in [3.63, 3.8) is 0 Å². The van der Waals surface area contributed by atoms with Crippen molar-refractivity contribution in [2.45, 2.75) is 57.1 Å². The zero-order chi connectivity index (χ0) is 15.2. The third-order valence-corrected chi connectivity index (χ3v) is 5.85. The van der Waals surface area contributed by atoms with Crippen molar-refractivity contribution >= 4 is 5.91 Å². The fourth-order valence-corrected chi connectivity index (χ4v) is 5.38. The lowest BCUT2D eigenvalue weighted by molar-refractivity contribution is -0.133. The third kappa shape index (κ3) is 2.62. The molecule has 1 aromatic rings. The van der Waals surface area contributed by atoms with Crippen LogP contribution in [-0.2, 0) is 4.79 Å². The summed E-state index contributed by atoms with van der Waals surface area (Å²) in [6.07, 6.45) is 7.30. The van der Waals surface area contributed by atoms with Gasteiger partial charge in [-0.3, -0.25) is 4.79 Å². The molecular formula is C19H25NO2. The smallest absolute Gasteiger partial charge is 0.261 e. The molecule has 4 fully saturated rings. The Bertz CT molecular complexity index is 519. The fourth-order valence-electron chi connectivity index (χ4n) is 5.38. The number of rotatable bonds is 4. The largest absolute Gasteiger partial charge is 0.481 e. The van der Waals surface area contributed by atoms with E-state index in [1.165, 1.54) is 38.5 Å². The lowest BCUT2D eigenvalue weighted by Gasteiger charge is -2.57. The Morgan fingerprint density at radius 1 is 1.09 bits per heavy atom. The van der Waals surface area contributed by atoms with Crippen LogP contribution in [0.1, 0.15) is 45.4 Å². The number of carbonyl (C=O) groups is 1. The van der Waals surface area contributed by atoms with Crippen LogP contribution in [0.15, 0.2) is 30.3 Å². The quantitative estimate of drug-likeness (QED) is 0.923. The highest BCUT2D eigenvalue weighted by Crippen LogP contribution is 2.55.